The summed E-state index contributed by atoms with van der Waals surface area (Å²) < 4.78 is 0. The lowest BCUT2D eigenvalue weighted by Gasteiger charge is -2.20. The number of hydrogen-bond acceptors (Lipinski definition) is 1. The van der Waals surface area contributed by atoms with Crippen LogP contribution < -0.4 is 4.90 Å². The molecular formula is C15H23N. The third-order valence-electron chi connectivity index (χ3n) is 3.14. The van der Waals surface area contributed by atoms with Crippen molar-refractivity contribution in [2.45, 2.75) is 40.0 Å². The van der Waals surface area contributed by atoms with Crippen LogP contribution in [0.25, 0.3) is 0 Å². The average Bonchev–Trinajstić information content (AvgIpc) is 2.69. The Morgan fingerprint density at radius 1 is 1.00 bits per heavy atom. The van der Waals surface area contributed by atoms with Crippen molar-refractivity contribution in [3.63, 3.8) is 0 Å². The molecule has 1 nitrogen and oxygen atoms in total. The third-order valence-corrected chi connectivity index (χ3v) is 3.14. The first-order chi connectivity index (χ1) is 7.54. The van der Waals surface area contributed by atoms with Crippen molar-refractivity contribution in [3.8, 4) is 0 Å². The van der Waals surface area contributed by atoms with E-state index >= 15 is 0 Å². The van der Waals surface area contributed by atoms with Gasteiger partial charge < -0.3 is 4.90 Å². The maximum absolute atomic E-state index is 2.49. The molecule has 0 saturated carbocycles. The van der Waals surface area contributed by atoms with Crippen molar-refractivity contribution in [1.29, 1.82) is 0 Å². The first-order valence-electron chi connectivity index (χ1n) is 6.38. The lowest BCUT2D eigenvalue weighted by Crippen LogP contribution is -2.17. The van der Waals surface area contributed by atoms with Crippen LogP contribution in [0.15, 0.2) is 24.3 Å². The van der Waals surface area contributed by atoms with Crippen LogP contribution in [0.4, 0.5) is 5.69 Å². The van der Waals surface area contributed by atoms with E-state index < -0.39 is 0 Å². The van der Waals surface area contributed by atoms with Gasteiger partial charge in [0.25, 0.3) is 0 Å². The molecule has 16 heavy (non-hydrogen) atoms. The minimum atomic E-state index is 0.384. The van der Waals surface area contributed by atoms with Crippen molar-refractivity contribution in [2.75, 3.05) is 18.0 Å². The van der Waals surface area contributed by atoms with Gasteiger partial charge in [0.1, 0.15) is 0 Å². The Hall–Kier alpha value is -0.980. The third kappa shape index (κ3) is 3.01. The molecule has 1 heteroatoms. The minimum absolute atomic E-state index is 0.384. The van der Waals surface area contributed by atoms with E-state index in [1.54, 1.807) is 0 Å². The summed E-state index contributed by atoms with van der Waals surface area (Å²) in [6.45, 7) is 9.35. The predicted octanol–water partition coefficient (Wildman–Crippen LogP) is 3.88. The highest BCUT2D eigenvalue weighted by atomic mass is 15.1. The van der Waals surface area contributed by atoms with Gasteiger partial charge in [-0.25, -0.2) is 0 Å². The zero-order chi connectivity index (χ0) is 11.6. The molecule has 0 amide bonds. The largest absolute Gasteiger partial charge is 0.372 e. The maximum Gasteiger partial charge on any atom is 0.0366 e. The summed E-state index contributed by atoms with van der Waals surface area (Å²) in [7, 11) is 0. The molecule has 0 N–H and O–H groups in total. The number of benzene rings is 1. The van der Waals surface area contributed by atoms with Gasteiger partial charge >= 0.3 is 0 Å². The van der Waals surface area contributed by atoms with Gasteiger partial charge in [-0.3, -0.25) is 0 Å². The van der Waals surface area contributed by atoms with E-state index in [-0.39, 0.29) is 0 Å². The number of nitrogens with zero attached hydrogens (tertiary/aromatic N) is 1. The summed E-state index contributed by atoms with van der Waals surface area (Å²) in [6.07, 6.45) is 3.86. The highest BCUT2D eigenvalue weighted by molar-refractivity contribution is 5.48. The molecule has 1 heterocycles. The molecule has 88 valence electrons. The van der Waals surface area contributed by atoms with Crippen molar-refractivity contribution in [2.24, 2.45) is 5.41 Å². The fourth-order valence-electron chi connectivity index (χ4n) is 2.41. The van der Waals surface area contributed by atoms with Gasteiger partial charge in [-0.1, -0.05) is 32.9 Å². The van der Waals surface area contributed by atoms with Crippen LogP contribution in [-0.2, 0) is 6.42 Å². The smallest absolute Gasteiger partial charge is 0.0366 e. The first kappa shape index (κ1) is 11.5. The van der Waals surface area contributed by atoms with Gasteiger partial charge in [-0.15, -0.1) is 0 Å². The molecule has 0 aromatic heterocycles. The molecule has 0 atom stereocenters. The van der Waals surface area contributed by atoms with Crippen LogP contribution in [0.3, 0.4) is 0 Å². The molecule has 1 saturated heterocycles. The molecule has 0 unspecified atom stereocenters. The summed E-state index contributed by atoms with van der Waals surface area (Å²) >= 11 is 0. The zero-order valence-corrected chi connectivity index (χ0v) is 10.8. The standard InChI is InChI=1S/C15H23N/c1-15(2,3)12-13-6-8-14(9-7-13)16-10-4-5-11-16/h6-9H,4-5,10-12H2,1-3H3. The second-order valence-corrected chi connectivity index (χ2v) is 6.10. The van der Waals surface area contributed by atoms with E-state index in [0.717, 1.165) is 6.42 Å². The number of hydrogen-bond donors (Lipinski definition) is 0. The highest BCUT2D eigenvalue weighted by Gasteiger charge is 2.13. The van der Waals surface area contributed by atoms with Crippen LogP contribution in [-0.4, -0.2) is 13.1 Å². The molecule has 1 aliphatic rings. The Bertz CT molecular complexity index is 325. The van der Waals surface area contributed by atoms with E-state index in [4.69, 9.17) is 0 Å². The Balaban J connectivity index is 2.04. The summed E-state index contributed by atoms with van der Waals surface area (Å²) in [6, 6.07) is 9.15. The molecule has 0 spiro atoms. The fraction of sp³-hybridized carbons (Fsp3) is 0.600. The molecule has 0 bridgehead atoms. The summed E-state index contributed by atoms with van der Waals surface area (Å²) in [5.41, 5.74) is 3.24. The SMILES string of the molecule is CC(C)(C)Cc1ccc(N2CCCC2)cc1. The number of anilines is 1. The van der Waals surface area contributed by atoms with Crippen molar-refractivity contribution in [3.05, 3.63) is 29.8 Å². The van der Waals surface area contributed by atoms with Crippen LogP contribution in [0.5, 0.6) is 0 Å². The molecule has 0 aliphatic carbocycles. The monoisotopic (exact) mass is 217 g/mol. The molecule has 2 rings (SSSR count). The van der Waals surface area contributed by atoms with Crippen LogP contribution >= 0.6 is 0 Å². The van der Waals surface area contributed by atoms with E-state index in [1.165, 1.54) is 37.2 Å². The zero-order valence-electron chi connectivity index (χ0n) is 10.8. The van der Waals surface area contributed by atoms with Crippen molar-refractivity contribution >= 4 is 5.69 Å². The quantitative estimate of drug-likeness (QED) is 0.726. The highest BCUT2D eigenvalue weighted by Crippen LogP contribution is 2.24. The summed E-state index contributed by atoms with van der Waals surface area (Å²) in [4.78, 5) is 2.49. The number of rotatable bonds is 2. The molecular weight excluding hydrogens is 194 g/mol. The molecule has 1 aromatic carbocycles. The second kappa shape index (κ2) is 4.48. The Morgan fingerprint density at radius 3 is 2.06 bits per heavy atom. The van der Waals surface area contributed by atoms with Gasteiger partial charge in [0, 0.05) is 18.8 Å². The summed E-state index contributed by atoms with van der Waals surface area (Å²) in [5.74, 6) is 0. The van der Waals surface area contributed by atoms with Gasteiger partial charge in [-0.05, 0) is 42.4 Å². The van der Waals surface area contributed by atoms with Crippen LogP contribution in [0, 0.1) is 5.41 Å². The molecule has 1 aliphatic heterocycles. The fourth-order valence-corrected chi connectivity index (χ4v) is 2.41. The van der Waals surface area contributed by atoms with Gasteiger partial charge in [-0.2, -0.15) is 0 Å². The summed E-state index contributed by atoms with van der Waals surface area (Å²) in [5, 5.41) is 0. The van der Waals surface area contributed by atoms with E-state index in [9.17, 15) is 0 Å². The minimum Gasteiger partial charge on any atom is -0.372 e. The maximum atomic E-state index is 2.49. The van der Waals surface area contributed by atoms with Crippen LogP contribution in [0.2, 0.25) is 0 Å². The lowest BCUT2D eigenvalue weighted by molar-refractivity contribution is 0.411. The van der Waals surface area contributed by atoms with Crippen molar-refractivity contribution in [1.82, 2.24) is 0 Å². The van der Waals surface area contributed by atoms with Gasteiger partial charge in [0.15, 0.2) is 0 Å². The normalized spacial score (nSPS) is 16.8. The Kier molecular flexibility index (Phi) is 3.22. The Labute approximate surface area is 99.5 Å². The van der Waals surface area contributed by atoms with E-state index in [1.807, 2.05) is 0 Å². The van der Waals surface area contributed by atoms with Crippen LogP contribution in [0.1, 0.15) is 39.2 Å². The van der Waals surface area contributed by atoms with Gasteiger partial charge in [0.05, 0.1) is 0 Å². The second-order valence-electron chi connectivity index (χ2n) is 6.10. The first-order valence-corrected chi connectivity index (χ1v) is 6.38. The van der Waals surface area contributed by atoms with Gasteiger partial charge in [0.2, 0.25) is 0 Å². The van der Waals surface area contributed by atoms with E-state index in [0.29, 0.717) is 5.41 Å². The molecule has 0 radical (unpaired) electrons. The Morgan fingerprint density at radius 2 is 1.56 bits per heavy atom. The van der Waals surface area contributed by atoms with E-state index in [2.05, 4.69) is 49.9 Å². The topological polar surface area (TPSA) is 3.24 Å². The predicted molar refractivity (Wildman–Crippen MR) is 71.0 cm³/mol. The molecule has 1 aromatic rings. The lowest BCUT2D eigenvalue weighted by atomic mass is 9.88. The average molecular weight is 217 g/mol. The molecule has 1 fully saturated rings. The van der Waals surface area contributed by atoms with Crippen molar-refractivity contribution < 1.29 is 0 Å².